The molecule has 3 rings (SSSR count). The Morgan fingerprint density at radius 2 is 1.61 bits per heavy atom. The third-order valence-electron chi connectivity index (χ3n) is 4.18. The predicted molar refractivity (Wildman–Crippen MR) is 117 cm³/mol. The SMILES string of the molecule is Cc1ccc(CS(=O)(=O)/C(=C\c2ccc(C)s2)C(=O)c2ccc(Cl)cc2)cc1. The molecule has 3 aromatic rings. The van der Waals surface area contributed by atoms with E-state index in [1.807, 2.05) is 38.1 Å². The van der Waals surface area contributed by atoms with E-state index in [9.17, 15) is 13.2 Å². The molecule has 144 valence electrons. The number of Topliss-reactive ketones (excluding diaryl/α,β-unsaturated/α-hetero) is 1. The van der Waals surface area contributed by atoms with Crippen molar-refractivity contribution >= 4 is 44.6 Å². The van der Waals surface area contributed by atoms with Crippen molar-refractivity contribution in [3.8, 4) is 0 Å². The Labute approximate surface area is 174 Å². The summed E-state index contributed by atoms with van der Waals surface area (Å²) in [6.07, 6.45) is 1.47. The molecule has 0 aliphatic heterocycles. The zero-order valence-electron chi connectivity index (χ0n) is 15.5. The highest BCUT2D eigenvalue weighted by atomic mass is 35.5. The monoisotopic (exact) mass is 430 g/mol. The van der Waals surface area contributed by atoms with Crippen LogP contribution in [-0.4, -0.2) is 14.2 Å². The minimum Gasteiger partial charge on any atom is -0.288 e. The summed E-state index contributed by atoms with van der Waals surface area (Å²) in [6, 6.07) is 17.2. The number of aryl methyl sites for hydroxylation is 2. The molecule has 0 aliphatic rings. The van der Waals surface area contributed by atoms with Gasteiger partial charge in [-0.05, 0) is 61.9 Å². The normalized spacial score (nSPS) is 12.2. The predicted octanol–water partition coefficient (Wildman–Crippen LogP) is 5.86. The molecule has 1 aromatic heterocycles. The smallest absolute Gasteiger partial charge is 0.204 e. The molecular weight excluding hydrogens is 412 g/mol. The van der Waals surface area contributed by atoms with E-state index in [-0.39, 0.29) is 16.2 Å². The first-order valence-electron chi connectivity index (χ1n) is 8.61. The molecule has 0 unspecified atom stereocenters. The van der Waals surface area contributed by atoms with E-state index in [1.165, 1.54) is 17.4 Å². The zero-order valence-corrected chi connectivity index (χ0v) is 17.9. The first kappa shape index (κ1) is 20.5. The Balaban J connectivity index is 2.04. The summed E-state index contributed by atoms with van der Waals surface area (Å²) >= 11 is 7.34. The maximum absolute atomic E-state index is 13.2. The summed E-state index contributed by atoms with van der Waals surface area (Å²) in [5.74, 6) is -0.766. The van der Waals surface area contributed by atoms with Crippen LogP contribution in [0, 0.1) is 13.8 Å². The number of sulfone groups is 1. The van der Waals surface area contributed by atoms with Gasteiger partial charge in [-0.1, -0.05) is 41.4 Å². The molecule has 0 fully saturated rings. The van der Waals surface area contributed by atoms with Crippen LogP contribution in [0.1, 0.15) is 31.2 Å². The maximum Gasteiger partial charge on any atom is 0.204 e. The fraction of sp³-hybridized carbons (Fsp3) is 0.136. The third-order valence-corrected chi connectivity index (χ3v) is 7.06. The highest BCUT2D eigenvalue weighted by molar-refractivity contribution is 7.95. The summed E-state index contributed by atoms with van der Waals surface area (Å²) in [5.41, 5.74) is 1.97. The van der Waals surface area contributed by atoms with Gasteiger partial charge in [0.25, 0.3) is 0 Å². The third kappa shape index (κ3) is 4.98. The lowest BCUT2D eigenvalue weighted by molar-refractivity contribution is 0.104. The molecule has 3 nitrogen and oxygen atoms in total. The summed E-state index contributed by atoms with van der Waals surface area (Å²) in [6.45, 7) is 3.87. The minimum absolute atomic E-state index is 0.211. The van der Waals surface area contributed by atoms with Crippen molar-refractivity contribution in [3.05, 3.63) is 97.0 Å². The van der Waals surface area contributed by atoms with Crippen LogP contribution in [0.5, 0.6) is 0 Å². The van der Waals surface area contributed by atoms with Gasteiger partial charge < -0.3 is 0 Å². The lowest BCUT2D eigenvalue weighted by Crippen LogP contribution is -2.16. The lowest BCUT2D eigenvalue weighted by Gasteiger charge is -2.09. The Bertz CT molecular complexity index is 1120. The minimum atomic E-state index is -3.85. The van der Waals surface area contributed by atoms with Gasteiger partial charge in [-0.25, -0.2) is 8.42 Å². The van der Waals surface area contributed by atoms with Crippen molar-refractivity contribution in [1.29, 1.82) is 0 Å². The number of halogens is 1. The highest BCUT2D eigenvalue weighted by Gasteiger charge is 2.26. The van der Waals surface area contributed by atoms with E-state index >= 15 is 0 Å². The molecule has 0 spiro atoms. The molecule has 1 heterocycles. The number of rotatable bonds is 6. The van der Waals surface area contributed by atoms with Crippen LogP contribution >= 0.6 is 22.9 Å². The van der Waals surface area contributed by atoms with Gasteiger partial charge in [-0.2, -0.15) is 0 Å². The molecule has 2 aromatic carbocycles. The summed E-state index contributed by atoms with van der Waals surface area (Å²) in [7, 11) is -3.85. The molecule has 0 saturated heterocycles. The topological polar surface area (TPSA) is 51.2 Å². The summed E-state index contributed by atoms with van der Waals surface area (Å²) < 4.78 is 26.3. The largest absolute Gasteiger partial charge is 0.288 e. The fourth-order valence-corrected chi connectivity index (χ4v) is 5.20. The van der Waals surface area contributed by atoms with E-state index in [0.29, 0.717) is 10.6 Å². The molecule has 0 atom stereocenters. The quantitative estimate of drug-likeness (QED) is 0.363. The molecule has 0 amide bonds. The number of hydrogen-bond donors (Lipinski definition) is 0. The number of carbonyl (C=O) groups excluding carboxylic acids is 1. The molecule has 0 bridgehead atoms. The molecule has 28 heavy (non-hydrogen) atoms. The second-order valence-electron chi connectivity index (χ2n) is 6.54. The average molecular weight is 431 g/mol. The van der Waals surface area contributed by atoms with Gasteiger partial charge in [0.15, 0.2) is 9.84 Å². The van der Waals surface area contributed by atoms with Crippen molar-refractivity contribution in [2.24, 2.45) is 0 Å². The van der Waals surface area contributed by atoms with Crippen molar-refractivity contribution in [1.82, 2.24) is 0 Å². The Morgan fingerprint density at radius 1 is 0.964 bits per heavy atom. The number of hydrogen-bond acceptors (Lipinski definition) is 4. The van der Waals surface area contributed by atoms with Crippen LogP contribution in [-0.2, 0) is 15.6 Å². The Morgan fingerprint density at radius 3 is 2.18 bits per heavy atom. The van der Waals surface area contributed by atoms with E-state index in [0.717, 1.165) is 15.3 Å². The van der Waals surface area contributed by atoms with Gasteiger partial charge in [0.1, 0.15) is 4.91 Å². The molecule has 0 N–H and O–H groups in total. The van der Waals surface area contributed by atoms with Gasteiger partial charge in [-0.3, -0.25) is 4.79 Å². The first-order chi connectivity index (χ1) is 13.2. The van der Waals surface area contributed by atoms with Crippen LogP contribution in [0.4, 0.5) is 0 Å². The van der Waals surface area contributed by atoms with Crippen molar-refractivity contribution in [2.75, 3.05) is 0 Å². The van der Waals surface area contributed by atoms with Crippen molar-refractivity contribution < 1.29 is 13.2 Å². The summed E-state index contributed by atoms with van der Waals surface area (Å²) in [4.78, 5) is 14.6. The molecule has 6 heteroatoms. The van der Waals surface area contributed by atoms with Gasteiger partial charge in [0.2, 0.25) is 5.78 Å². The second kappa shape index (κ2) is 8.43. The number of allylic oxidation sites excluding steroid dienone is 1. The highest BCUT2D eigenvalue weighted by Crippen LogP contribution is 2.26. The van der Waals surface area contributed by atoms with E-state index in [1.54, 1.807) is 36.4 Å². The molecular formula is C22H19ClO3S2. The standard InChI is InChI=1S/C22H19ClO3S2/c1-15-3-6-17(7-4-15)14-28(25,26)21(13-20-12-5-16(2)27-20)22(24)18-8-10-19(23)11-9-18/h3-13H,14H2,1-2H3/b21-13-. The van der Waals surface area contributed by atoms with Gasteiger partial charge in [0.05, 0.1) is 5.75 Å². The Hall–Kier alpha value is -2.21. The average Bonchev–Trinajstić information content (AvgIpc) is 3.06. The van der Waals surface area contributed by atoms with Crippen LogP contribution in [0.25, 0.3) is 6.08 Å². The second-order valence-corrected chi connectivity index (χ2v) is 10.3. The lowest BCUT2D eigenvalue weighted by atomic mass is 10.1. The molecule has 0 aliphatic carbocycles. The van der Waals surface area contributed by atoms with Gasteiger partial charge >= 0.3 is 0 Å². The number of benzene rings is 2. The van der Waals surface area contributed by atoms with E-state index in [4.69, 9.17) is 11.6 Å². The van der Waals surface area contributed by atoms with Crippen LogP contribution in [0.15, 0.2) is 65.6 Å². The van der Waals surface area contributed by atoms with Crippen LogP contribution < -0.4 is 0 Å². The molecule has 0 saturated carbocycles. The van der Waals surface area contributed by atoms with E-state index < -0.39 is 15.6 Å². The van der Waals surface area contributed by atoms with Crippen molar-refractivity contribution in [3.63, 3.8) is 0 Å². The van der Waals surface area contributed by atoms with Crippen molar-refractivity contribution in [2.45, 2.75) is 19.6 Å². The van der Waals surface area contributed by atoms with Gasteiger partial charge in [-0.15, -0.1) is 11.3 Å². The fourth-order valence-electron chi connectivity index (χ4n) is 2.68. The van der Waals surface area contributed by atoms with Crippen LogP contribution in [0.2, 0.25) is 5.02 Å². The maximum atomic E-state index is 13.2. The number of carbonyl (C=O) groups is 1. The first-order valence-corrected chi connectivity index (χ1v) is 11.5. The zero-order chi connectivity index (χ0) is 20.3. The van der Waals surface area contributed by atoms with E-state index in [2.05, 4.69) is 0 Å². The Kier molecular flexibility index (Phi) is 6.18. The van der Waals surface area contributed by atoms with Gasteiger partial charge in [0, 0.05) is 20.3 Å². The summed E-state index contributed by atoms with van der Waals surface area (Å²) in [5, 5.41) is 0.485. The molecule has 0 radical (unpaired) electrons. The number of thiophene rings is 1. The van der Waals surface area contributed by atoms with Crippen LogP contribution in [0.3, 0.4) is 0 Å². The number of ketones is 1.